The lowest BCUT2D eigenvalue weighted by Gasteiger charge is -2.25. The lowest BCUT2D eigenvalue weighted by molar-refractivity contribution is 0.469. The molecule has 1 rings (SSSR count). The van der Waals surface area contributed by atoms with Crippen molar-refractivity contribution in [2.45, 2.75) is 26.7 Å². The van der Waals surface area contributed by atoms with Crippen LogP contribution in [0.25, 0.3) is 0 Å². The molecule has 55 valence electrons. The van der Waals surface area contributed by atoms with E-state index in [2.05, 4.69) is 39.0 Å². The van der Waals surface area contributed by atoms with Crippen LogP contribution in [0.3, 0.4) is 0 Å². The number of rotatable bonds is 1. The monoisotopic (exact) mass is 135 g/mol. The third-order valence-corrected chi connectivity index (χ3v) is 2.23. The van der Waals surface area contributed by atoms with Crippen molar-refractivity contribution in [3.05, 3.63) is 30.7 Å². The molecule has 0 fully saturated rings. The van der Waals surface area contributed by atoms with Gasteiger partial charge in [-0.25, -0.2) is 0 Å². The van der Waals surface area contributed by atoms with Gasteiger partial charge in [0.1, 0.15) is 0 Å². The van der Waals surface area contributed by atoms with Crippen LogP contribution in [0.4, 0.5) is 0 Å². The van der Waals surface area contributed by atoms with Crippen molar-refractivity contribution in [2.75, 3.05) is 0 Å². The van der Waals surface area contributed by atoms with Crippen molar-refractivity contribution in [1.29, 1.82) is 0 Å². The molecule has 0 aromatic rings. The summed E-state index contributed by atoms with van der Waals surface area (Å²) in [7, 11) is 0. The van der Waals surface area contributed by atoms with Crippen LogP contribution in [-0.4, -0.2) is 0 Å². The lowest BCUT2D eigenvalue weighted by Crippen LogP contribution is -2.12. The van der Waals surface area contributed by atoms with E-state index in [9.17, 15) is 0 Å². The van der Waals surface area contributed by atoms with E-state index in [0.717, 1.165) is 12.8 Å². The Labute approximate surface area is 63.6 Å². The molecule has 0 bridgehead atoms. The molecule has 0 saturated carbocycles. The van der Waals surface area contributed by atoms with Crippen LogP contribution in [-0.2, 0) is 0 Å². The zero-order chi connectivity index (χ0) is 7.61. The number of hydrogen-bond acceptors (Lipinski definition) is 0. The fraction of sp³-hybridized carbons (Fsp3) is 0.500. The fourth-order valence-electron chi connectivity index (χ4n) is 1.07. The molecule has 0 aliphatic heterocycles. The summed E-state index contributed by atoms with van der Waals surface area (Å²) in [6.07, 6.45) is 8.89. The van der Waals surface area contributed by atoms with Crippen molar-refractivity contribution in [3.8, 4) is 0 Å². The summed E-state index contributed by atoms with van der Waals surface area (Å²) in [4.78, 5) is 0. The quantitative estimate of drug-likeness (QED) is 0.518. The van der Waals surface area contributed by atoms with E-state index >= 15 is 0 Å². The molecule has 0 spiro atoms. The van der Waals surface area contributed by atoms with Gasteiger partial charge in [0, 0.05) is 0 Å². The summed E-state index contributed by atoms with van der Waals surface area (Å²) in [6.45, 7) is 8.47. The Morgan fingerprint density at radius 3 is 2.80 bits per heavy atom. The third-order valence-electron chi connectivity index (χ3n) is 2.23. The molecule has 0 heterocycles. The number of hydrogen-bond donors (Lipinski definition) is 0. The Balaban J connectivity index is 2.67. The summed E-state index contributed by atoms with van der Waals surface area (Å²) in [5.74, 6) is 0. The van der Waals surface area contributed by atoms with Crippen LogP contribution in [0.5, 0.6) is 0 Å². The van der Waals surface area contributed by atoms with Gasteiger partial charge in [0.25, 0.3) is 0 Å². The highest BCUT2D eigenvalue weighted by molar-refractivity contribution is 5.25. The maximum atomic E-state index is 4.15. The average molecular weight is 135 g/mol. The second kappa shape index (κ2) is 2.61. The van der Waals surface area contributed by atoms with E-state index in [-0.39, 0.29) is 5.41 Å². The van der Waals surface area contributed by atoms with Crippen molar-refractivity contribution in [3.63, 3.8) is 0 Å². The van der Waals surface area contributed by atoms with Gasteiger partial charge in [0.15, 0.2) is 0 Å². The standard InChI is InChI=1S/C10H15/c1-4-10(3)7-5-9(2)6-8-10/h5-7H,3-4,8H2,1-2H3. The molecule has 1 aliphatic carbocycles. The Morgan fingerprint density at radius 2 is 2.40 bits per heavy atom. The predicted octanol–water partition coefficient (Wildman–Crippen LogP) is 3.12. The molecule has 0 aromatic heterocycles. The highest BCUT2D eigenvalue weighted by Gasteiger charge is 2.18. The van der Waals surface area contributed by atoms with Crippen LogP contribution in [0.15, 0.2) is 23.8 Å². The van der Waals surface area contributed by atoms with Crippen molar-refractivity contribution >= 4 is 0 Å². The third kappa shape index (κ3) is 1.50. The van der Waals surface area contributed by atoms with Crippen molar-refractivity contribution in [1.82, 2.24) is 0 Å². The topological polar surface area (TPSA) is 0 Å². The largest absolute Gasteiger partial charge is 0.0807 e. The van der Waals surface area contributed by atoms with Gasteiger partial charge in [-0.05, 0) is 32.1 Å². The van der Waals surface area contributed by atoms with Gasteiger partial charge in [0.05, 0.1) is 0 Å². The van der Waals surface area contributed by atoms with Gasteiger partial charge in [0.2, 0.25) is 0 Å². The Kier molecular flexibility index (Phi) is 1.98. The SMILES string of the molecule is [CH2]C1(CC)C=CC(C)=CC1. The molecule has 0 N–H and O–H groups in total. The fourth-order valence-corrected chi connectivity index (χ4v) is 1.07. The second-order valence-electron chi connectivity index (χ2n) is 3.20. The smallest absolute Gasteiger partial charge is 0.00826 e. The first-order valence-corrected chi connectivity index (χ1v) is 3.88. The summed E-state index contributed by atoms with van der Waals surface area (Å²) >= 11 is 0. The second-order valence-corrected chi connectivity index (χ2v) is 3.20. The summed E-state index contributed by atoms with van der Waals surface area (Å²) < 4.78 is 0. The van der Waals surface area contributed by atoms with Gasteiger partial charge in [-0.2, -0.15) is 0 Å². The van der Waals surface area contributed by atoms with E-state index in [1.165, 1.54) is 5.57 Å². The lowest BCUT2D eigenvalue weighted by atomic mass is 9.80. The first-order valence-electron chi connectivity index (χ1n) is 3.88. The molecule has 1 atom stereocenters. The van der Waals surface area contributed by atoms with E-state index < -0.39 is 0 Å². The van der Waals surface area contributed by atoms with E-state index in [0.29, 0.717) is 0 Å². The maximum absolute atomic E-state index is 4.15. The van der Waals surface area contributed by atoms with E-state index in [1.54, 1.807) is 0 Å². The molecule has 0 saturated heterocycles. The molecule has 1 radical (unpaired) electrons. The van der Waals surface area contributed by atoms with E-state index in [1.807, 2.05) is 0 Å². The summed E-state index contributed by atoms with van der Waals surface area (Å²) in [5.41, 5.74) is 1.56. The summed E-state index contributed by atoms with van der Waals surface area (Å²) in [6, 6.07) is 0. The molecule has 0 amide bonds. The van der Waals surface area contributed by atoms with E-state index in [4.69, 9.17) is 0 Å². The minimum absolute atomic E-state index is 0.194. The zero-order valence-corrected chi connectivity index (χ0v) is 6.85. The molecular formula is C10H15. The molecule has 0 heteroatoms. The van der Waals surface area contributed by atoms with Gasteiger partial charge in [-0.3, -0.25) is 0 Å². The van der Waals surface area contributed by atoms with Crippen LogP contribution in [0.2, 0.25) is 0 Å². The maximum Gasteiger partial charge on any atom is -0.00826 e. The highest BCUT2D eigenvalue weighted by Crippen LogP contribution is 2.31. The minimum atomic E-state index is 0.194. The van der Waals surface area contributed by atoms with Gasteiger partial charge in [-0.15, -0.1) is 0 Å². The summed E-state index contributed by atoms with van der Waals surface area (Å²) in [5, 5.41) is 0. The Morgan fingerprint density at radius 1 is 1.70 bits per heavy atom. The Bertz CT molecular complexity index is 174. The molecule has 0 nitrogen and oxygen atoms in total. The van der Waals surface area contributed by atoms with Crippen LogP contribution >= 0.6 is 0 Å². The molecular weight excluding hydrogens is 120 g/mol. The van der Waals surface area contributed by atoms with Crippen LogP contribution < -0.4 is 0 Å². The zero-order valence-electron chi connectivity index (χ0n) is 6.85. The molecule has 1 unspecified atom stereocenters. The van der Waals surface area contributed by atoms with Crippen LogP contribution in [0, 0.1) is 12.3 Å². The van der Waals surface area contributed by atoms with Crippen molar-refractivity contribution in [2.24, 2.45) is 5.41 Å². The Hall–Kier alpha value is -0.520. The average Bonchev–Trinajstić information content (AvgIpc) is 1.96. The van der Waals surface area contributed by atoms with Gasteiger partial charge >= 0.3 is 0 Å². The van der Waals surface area contributed by atoms with Gasteiger partial charge in [-0.1, -0.05) is 30.7 Å². The number of allylic oxidation sites excluding steroid dienone is 4. The van der Waals surface area contributed by atoms with Gasteiger partial charge < -0.3 is 0 Å². The molecule has 0 aromatic carbocycles. The normalized spacial score (nSPS) is 32.1. The first kappa shape index (κ1) is 7.59. The predicted molar refractivity (Wildman–Crippen MR) is 45.6 cm³/mol. The molecule has 1 aliphatic rings. The van der Waals surface area contributed by atoms with Crippen molar-refractivity contribution < 1.29 is 0 Å². The van der Waals surface area contributed by atoms with Crippen LogP contribution in [0.1, 0.15) is 26.7 Å². The first-order chi connectivity index (χ1) is 4.66. The molecule has 10 heavy (non-hydrogen) atoms. The minimum Gasteiger partial charge on any atom is -0.0807 e. The highest BCUT2D eigenvalue weighted by atomic mass is 14.2.